The number of amides is 2. The van der Waals surface area contributed by atoms with Crippen LogP contribution in [0.3, 0.4) is 0 Å². The van der Waals surface area contributed by atoms with Crippen molar-refractivity contribution in [3.05, 3.63) is 24.3 Å². The molecule has 2 heterocycles. The van der Waals surface area contributed by atoms with E-state index in [2.05, 4.69) is 24.1 Å². The van der Waals surface area contributed by atoms with Gasteiger partial charge in [0.15, 0.2) is 0 Å². The van der Waals surface area contributed by atoms with Gasteiger partial charge in [0.05, 0.1) is 29.3 Å². The lowest BCUT2D eigenvalue weighted by molar-refractivity contribution is -0.00517. The van der Waals surface area contributed by atoms with Gasteiger partial charge in [0.1, 0.15) is 0 Å². The number of piperazine rings is 1. The van der Waals surface area contributed by atoms with E-state index in [1.165, 1.54) is 0 Å². The number of primary sulfonamides is 1. The standard InChI is InChI=1S/C19H31N5O4S/c1-15-13-24(14-16(2)28-15)18-6-4-3-5-17(18)21-19(25)23-9-7-22(8-10-23)11-12-29(20,26)27/h3-6,15-16H,7-14H2,1-2H3,(H,21,25)(H2,20,26,27). The molecule has 29 heavy (non-hydrogen) atoms. The number of nitrogens with two attached hydrogens (primary N) is 1. The highest BCUT2D eigenvalue weighted by atomic mass is 32.2. The van der Waals surface area contributed by atoms with Crippen molar-refractivity contribution < 1.29 is 17.9 Å². The Morgan fingerprint density at radius 3 is 2.38 bits per heavy atom. The summed E-state index contributed by atoms with van der Waals surface area (Å²) in [7, 11) is -3.47. The number of benzene rings is 1. The van der Waals surface area contributed by atoms with Crippen LogP contribution in [0.4, 0.5) is 16.2 Å². The first-order valence-electron chi connectivity index (χ1n) is 9.99. The van der Waals surface area contributed by atoms with Crippen molar-refractivity contribution in [2.45, 2.75) is 26.1 Å². The molecule has 2 aliphatic heterocycles. The summed E-state index contributed by atoms with van der Waals surface area (Å²) in [5, 5.41) is 8.11. The quantitative estimate of drug-likeness (QED) is 0.720. The Kier molecular flexibility index (Phi) is 6.99. The molecule has 2 fully saturated rings. The lowest BCUT2D eigenvalue weighted by atomic mass is 10.1. The third-order valence-corrected chi connectivity index (χ3v) is 6.01. The summed E-state index contributed by atoms with van der Waals surface area (Å²) < 4.78 is 28.1. The number of urea groups is 1. The second-order valence-electron chi connectivity index (χ2n) is 7.81. The maximum atomic E-state index is 12.8. The Bertz CT molecular complexity index is 801. The minimum atomic E-state index is -3.47. The first-order valence-corrected chi connectivity index (χ1v) is 11.7. The van der Waals surface area contributed by atoms with E-state index in [0.717, 1.165) is 24.5 Å². The minimum absolute atomic E-state index is 0.0665. The predicted molar refractivity (Wildman–Crippen MR) is 114 cm³/mol. The Hall–Kier alpha value is -1.88. The molecule has 0 aromatic heterocycles. The molecule has 10 heteroatoms. The van der Waals surface area contributed by atoms with E-state index in [9.17, 15) is 13.2 Å². The van der Waals surface area contributed by atoms with Crippen molar-refractivity contribution >= 4 is 27.4 Å². The SMILES string of the molecule is CC1CN(c2ccccc2NC(=O)N2CCN(CCS(N)(=O)=O)CC2)CC(C)O1. The molecule has 2 unspecified atom stereocenters. The largest absolute Gasteiger partial charge is 0.372 e. The van der Waals surface area contributed by atoms with Gasteiger partial charge in [-0.1, -0.05) is 12.1 Å². The Balaban J connectivity index is 1.58. The number of para-hydroxylation sites is 2. The second kappa shape index (κ2) is 9.29. The van der Waals surface area contributed by atoms with Gasteiger partial charge in [-0.05, 0) is 26.0 Å². The molecule has 1 aromatic carbocycles. The fraction of sp³-hybridized carbons (Fsp3) is 0.632. The maximum absolute atomic E-state index is 12.8. The van der Waals surface area contributed by atoms with Crippen LogP contribution < -0.4 is 15.4 Å². The average Bonchev–Trinajstić information content (AvgIpc) is 2.66. The molecule has 0 aliphatic carbocycles. The zero-order valence-electron chi connectivity index (χ0n) is 17.1. The molecule has 0 saturated carbocycles. The van der Waals surface area contributed by atoms with Gasteiger partial charge in [0.25, 0.3) is 0 Å². The van der Waals surface area contributed by atoms with Crippen LogP contribution in [0.2, 0.25) is 0 Å². The van der Waals surface area contributed by atoms with Crippen molar-refractivity contribution in [2.75, 3.05) is 61.8 Å². The van der Waals surface area contributed by atoms with Crippen molar-refractivity contribution in [1.29, 1.82) is 0 Å². The van der Waals surface area contributed by atoms with Crippen LogP contribution in [0.15, 0.2) is 24.3 Å². The summed E-state index contributed by atoms with van der Waals surface area (Å²) in [6.45, 7) is 8.41. The maximum Gasteiger partial charge on any atom is 0.321 e. The molecule has 3 N–H and O–H groups in total. The molecule has 2 amide bonds. The molecular weight excluding hydrogens is 394 g/mol. The van der Waals surface area contributed by atoms with E-state index in [0.29, 0.717) is 32.7 Å². The summed E-state index contributed by atoms with van der Waals surface area (Å²) >= 11 is 0. The van der Waals surface area contributed by atoms with Gasteiger partial charge in [-0.15, -0.1) is 0 Å². The number of nitrogens with zero attached hydrogens (tertiary/aromatic N) is 3. The highest BCUT2D eigenvalue weighted by Crippen LogP contribution is 2.28. The average molecular weight is 426 g/mol. The van der Waals surface area contributed by atoms with Gasteiger partial charge in [-0.25, -0.2) is 18.4 Å². The number of rotatable bonds is 5. The van der Waals surface area contributed by atoms with Crippen LogP contribution in [0.1, 0.15) is 13.8 Å². The van der Waals surface area contributed by atoms with Gasteiger partial charge in [0.2, 0.25) is 10.0 Å². The summed E-state index contributed by atoms with van der Waals surface area (Å²) in [6, 6.07) is 7.68. The summed E-state index contributed by atoms with van der Waals surface area (Å²) in [4.78, 5) is 18.8. The molecule has 162 valence electrons. The number of anilines is 2. The Morgan fingerprint density at radius 1 is 1.14 bits per heavy atom. The predicted octanol–water partition coefficient (Wildman–Crippen LogP) is 0.738. The van der Waals surface area contributed by atoms with Gasteiger partial charge in [0, 0.05) is 45.8 Å². The van der Waals surface area contributed by atoms with Crippen LogP contribution in [0.25, 0.3) is 0 Å². The topological polar surface area (TPSA) is 108 Å². The van der Waals surface area contributed by atoms with Gasteiger partial charge in [-0.3, -0.25) is 4.90 Å². The lowest BCUT2D eigenvalue weighted by Gasteiger charge is -2.38. The van der Waals surface area contributed by atoms with Crippen molar-refractivity contribution in [3.8, 4) is 0 Å². The smallest absolute Gasteiger partial charge is 0.321 e. The molecule has 3 rings (SSSR count). The highest BCUT2D eigenvalue weighted by Gasteiger charge is 2.26. The summed E-state index contributed by atoms with van der Waals surface area (Å²) in [5.74, 6) is -0.0665. The summed E-state index contributed by atoms with van der Waals surface area (Å²) in [6.07, 6.45) is 0.265. The van der Waals surface area contributed by atoms with Crippen LogP contribution >= 0.6 is 0 Å². The fourth-order valence-corrected chi connectivity index (χ4v) is 4.37. The van der Waals surface area contributed by atoms with Crippen molar-refractivity contribution in [2.24, 2.45) is 5.14 Å². The molecule has 2 saturated heterocycles. The first-order chi connectivity index (χ1) is 13.7. The highest BCUT2D eigenvalue weighted by molar-refractivity contribution is 7.89. The van der Waals surface area contributed by atoms with Crippen LogP contribution in [-0.4, -0.2) is 88.0 Å². The number of hydrogen-bond acceptors (Lipinski definition) is 6. The molecule has 1 aromatic rings. The van der Waals surface area contributed by atoms with Crippen LogP contribution in [-0.2, 0) is 14.8 Å². The van der Waals surface area contributed by atoms with E-state index in [-0.39, 0.29) is 24.0 Å². The number of morpholine rings is 1. The zero-order chi connectivity index (χ0) is 21.0. The number of carbonyl (C=O) groups is 1. The van der Waals surface area contributed by atoms with Crippen molar-refractivity contribution in [1.82, 2.24) is 9.80 Å². The number of sulfonamides is 1. The monoisotopic (exact) mass is 425 g/mol. The molecule has 0 spiro atoms. The number of ether oxygens (including phenoxy) is 1. The lowest BCUT2D eigenvalue weighted by Crippen LogP contribution is -2.51. The van der Waals surface area contributed by atoms with E-state index < -0.39 is 10.0 Å². The molecule has 0 radical (unpaired) electrons. The minimum Gasteiger partial charge on any atom is -0.372 e. The normalized spacial score (nSPS) is 23.8. The number of nitrogens with one attached hydrogen (secondary N) is 1. The van der Waals surface area contributed by atoms with E-state index in [4.69, 9.17) is 9.88 Å². The van der Waals surface area contributed by atoms with Crippen LogP contribution in [0, 0.1) is 0 Å². The van der Waals surface area contributed by atoms with Gasteiger partial charge >= 0.3 is 6.03 Å². The van der Waals surface area contributed by atoms with Gasteiger partial charge in [-0.2, -0.15) is 0 Å². The first kappa shape index (κ1) is 21.8. The Morgan fingerprint density at radius 2 is 1.76 bits per heavy atom. The Labute approximate surface area is 172 Å². The second-order valence-corrected chi connectivity index (χ2v) is 9.54. The fourth-order valence-electron chi connectivity index (χ4n) is 3.85. The number of hydrogen-bond donors (Lipinski definition) is 2. The molecule has 0 bridgehead atoms. The third-order valence-electron chi connectivity index (χ3n) is 5.26. The summed E-state index contributed by atoms with van der Waals surface area (Å²) in [5.41, 5.74) is 1.78. The van der Waals surface area contributed by atoms with E-state index in [1.807, 2.05) is 29.2 Å². The number of carbonyl (C=O) groups excluding carboxylic acids is 1. The van der Waals surface area contributed by atoms with E-state index in [1.54, 1.807) is 4.90 Å². The molecular formula is C19H31N5O4S. The molecule has 9 nitrogen and oxygen atoms in total. The van der Waals surface area contributed by atoms with Crippen molar-refractivity contribution in [3.63, 3.8) is 0 Å². The molecule has 2 atom stereocenters. The molecule has 2 aliphatic rings. The van der Waals surface area contributed by atoms with E-state index >= 15 is 0 Å². The zero-order valence-corrected chi connectivity index (χ0v) is 17.9. The third kappa shape index (κ3) is 6.30. The van der Waals surface area contributed by atoms with Gasteiger partial charge < -0.3 is 19.9 Å². The van der Waals surface area contributed by atoms with Crippen LogP contribution in [0.5, 0.6) is 0 Å².